The highest BCUT2D eigenvalue weighted by Crippen LogP contribution is 1.95. The van der Waals surface area contributed by atoms with Gasteiger partial charge in [0.05, 0.1) is 6.10 Å². The molecule has 0 aliphatic carbocycles. The predicted molar refractivity (Wildman–Crippen MR) is 41.4 cm³/mol. The monoisotopic (exact) mass is 153 g/mol. The number of aromatic nitrogens is 1. The molecule has 0 saturated carbocycles. The highest BCUT2D eigenvalue weighted by molar-refractivity contribution is 5.70. The average molecular weight is 153 g/mol. The van der Waals surface area contributed by atoms with Gasteiger partial charge in [0.25, 0.3) is 0 Å². The van der Waals surface area contributed by atoms with Crippen LogP contribution in [0.3, 0.4) is 0 Å². The third-order valence-electron chi connectivity index (χ3n) is 1.15. The summed E-state index contributed by atoms with van der Waals surface area (Å²) in [6.45, 7) is 3.64. The number of carbonyl (C=O) groups excluding carboxylic acids is 1. The Morgan fingerprint density at radius 1 is 1.36 bits per heavy atom. The molecule has 1 rings (SSSR count). The van der Waals surface area contributed by atoms with Gasteiger partial charge >= 0.3 is 6.09 Å². The molecule has 1 aromatic rings. The number of hydrogen-bond donors (Lipinski definition) is 0. The summed E-state index contributed by atoms with van der Waals surface area (Å²) < 4.78 is 6.32. The van der Waals surface area contributed by atoms with Crippen LogP contribution in [0.1, 0.15) is 13.8 Å². The first-order chi connectivity index (χ1) is 5.20. The molecule has 0 unspecified atom stereocenters. The Hall–Kier alpha value is -1.25. The minimum absolute atomic E-state index is 0.0649. The molecule has 0 N–H and O–H groups in total. The normalized spacial score (nSPS) is 10.1. The lowest BCUT2D eigenvalue weighted by atomic mass is 10.5. The van der Waals surface area contributed by atoms with Gasteiger partial charge in [-0.15, -0.1) is 0 Å². The minimum atomic E-state index is -0.329. The summed E-state index contributed by atoms with van der Waals surface area (Å²) in [5.41, 5.74) is 0. The van der Waals surface area contributed by atoms with Crippen molar-refractivity contribution in [2.24, 2.45) is 0 Å². The second-order valence-corrected chi connectivity index (χ2v) is 2.52. The Labute approximate surface area is 65.6 Å². The highest BCUT2D eigenvalue weighted by atomic mass is 16.6. The Morgan fingerprint density at radius 3 is 2.36 bits per heavy atom. The zero-order chi connectivity index (χ0) is 8.27. The number of hydrogen-bond acceptors (Lipinski definition) is 2. The summed E-state index contributed by atoms with van der Waals surface area (Å²) in [5.74, 6) is 0. The molecule has 3 nitrogen and oxygen atoms in total. The average Bonchev–Trinajstić information content (AvgIpc) is 2.35. The van der Waals surface area contributed by atoms with Gasteiger partial charge in [0, 0.05) is 12.4 Å². The summed E-state index contributed by atoms with van der Waals surface area (Å²) in [7, 11) is 0. The van der Waals surface area contributed by atoms with Crippen LogP contribution in [0, 0.1) is 0 Å². The van der Waals surface area contributed by atoms with Crippen molar-refractivity contribution in [2.45, 2.75) is 20.0 Å². The van der Waals surface area contributed by atoms with E-state index in [1.165, 1.54) is 4.57 Å². The van der Waals surface area contributed by atoms with Gasteiger partial charge in [0.1, 0.15) is 0 Å². The minimum Gasteiger partial charge on any atom is -0.446 e. The van der Waals surface area contributed by atoms with Crippen molar-refractivity contribution in [1.82, 2.24) is 4.57 Å². The van der Waals surface area contributed by atoms with Crippen LogP contribution in [-0.2, 0) is 4.74 Å². The molecular weight excluding hydrogens is 142 g/mol. The molecule has 60 valence electrons. The van der Waals surface area contributed by atoms with E-state index < -0.39 is 0 Å². The lowest BCUT2D eigenvalue weighted by Gasteiger charge is -2.07. The fourth-order valence-electron chi connectivity index (χ4n) is 0.719. The van der Waals surface area contributed by atoms with Crippen molar-refractivity contribution in [1.29, 1.82) is 0 Å². The van der Waals surface area contributed by atoms with Crippen molar-refractivity contribution < 1.29 is 9.53 Å². The first-order valence-corrected chi connectivity index (χ1v) is 3.54. The maximum absolute atomic E-state index is 11.1. The fourth-order valence-corrected chi connectivity index (χ4v) is 0.719. The van der Waals surface area contributed by atoms with E-state index >= 15 is 0 Å². The maximum atomic E-state index is 11.1. The van der Waals surface area contributed by atoms with Gasteiger partial charge in [-0.25, -0.2) is 4.79 Å². The van der Waals surface area contributed by atoms with Crippen LogP contribution in [0.25, 0.3) is 0 Å². The fraction of sp³-hybridized carbons (Fsp3) is 0.375. The van der Waals surface area contributed by atoms with Gasteiger partial charge in [-0.1, -0.05) is 0 Å². The molecule has 0 atom stereocenters. The van der Waals surface area contributed by atoms with Crippen molar-refractivity contribution in [3.8, 4) is 0 Å². The summed E-state index contributed by atoms with van der Waals surface area (Å²) in [4.78, 5) is 11.1. The van der Waals surface area contributed by atoms with Crippen molar-refractivity contribution >= 4 is 6.09 Å². The topological polar surface area (TPSA) is 31.2 Å². The van der Waals surface area contributed by atoms with Crippen LogP contribution in [0.4, 0.5) is 4.79 Å². The molecule has 0 aliphatic rings. The SMILES string of the molecule is CC(C)OC(=O)n1cccc1. The molecule has 0 saturated heterocycles. The van der Waals surface area contributed by atoms with Crippen LogP contribution >= 0.6 is 0 Å². The van der Waals surface area contributed by atoms with Gasteiger partial charge in [-0.2, -0.15) is 0 Å². The van der Waals surface area contributed by atoms with E-state index in [-0.39, 0.29) is 12.2 Å². The highest BCUT2D eigenvalue weighted by Gasteiger charge is 2.04. The van der Waals surface area contributed by atoms with Crippen LogP contribution in [0.5, 0.6) is 0 Å². The molecule has 11 heavy (non-hydrogen) atoms. The number of carbonyl (C=O) groups is 1. The molecule has 0 aromatic carbocycles. The number of rotatable bonds is 1. The van der Waals surface area contributed by atoms with E-state index in [0.29, 0.717) is 0 Å². The summed E-state index contributed by atoms with van der Waals surface area (Å²) in [5, 5.41) is 0. The molecule has 3 heteroatoms. The lowest BCUT2D eigenvalue weighted by Crippen LogP contribution is -2.16. The smallest absolute Gasteiger partial charge is 0.418 e. The largest absolute Gasteiger partial charge is 0.446 e. The van der Waals surface area contributed by atoms with E-state index in [9.17, 15) is 4.79 Å². The van der Waals surface area contributed by atoms with E-state index in [1.54, 1.807) is 24.5 Å². The Balaban J connectivity index is 2.57. The second kappa shape index (κ2) is 3.23. The van der Waals surface area contributed by atoms with Crippen LogP contribution < -0.4 is 0 Å². The van der Waals surface area contributed by atoms with Gasteiger partial charge in [-0.3, -0.25) is 4.57 Å². The van der Waals surface area contributed by atoms with Crippen LogP contribution in [0.2, 0.25) is 0 Å². The molecule has 0 radical (unpaired) electrons. The lowest BCUT2D eigenvalue weighted by molar-refractivity contribution is 0.117. The zero-order valence-corrected chi connectivity index (χ0v) is 6.65. The van der Waals surface area contributed by atoms with Crippen molar-refractivity contribution in [2.75, 3.05) is 0 Å². The van der Waals surface area contributed by atoms with Gasteiger partial charge < -0.3 is 4.74 Å². The Bertz CT molecular complexity index is 226. The molecule has 0 aliphatic heterocycles. The van der Waals surface area contributed by atoms with E-state index in [0.717, 1.165) is 0 Å². The van der Waals surface area contributed by atoms with Crippen LogP contribution in [-0.4, -0.2) is 16.8 Å². The van der Waals surface area contributed by atoms with E-state index in [2.05, 4.69) is 0 Å². The van der Waals surface area contributed by atoms with E-state index in [1.807, 2.05) is 13.8 Å². The molecule has 1 heterocycles. The molecule has 0 spiro atoms. The summed E-state index contributed by atoms with van der Waals surface area (Å²) in [6.07, 6.45) is 2.92. The summed E-state index contributed by atoms with van der Waals surface area (Å²) in [6, 6.07) is 3.56. The third-order valence-corrected chi connectivity index (χ3v) is 1.15. The molecular formula is C8H11NO2. The molecule has 0 bridgehead atoms. The van der Waals surface area contributed by atoms with Gasteiger partial charge in [0.2, 0.25) is 0 Å². The maximum Gasteiger partial charge on any atom is 0.418 e. The third kappa shape index (κ3) is 2.11. The second-order valence-electron chi connectivity index (χ2n) is 2.52. The Morgan fingerprint density at radius 2 is 1.91 bits per heavy atom. The van der Waals surface area contributed by atoms with Crippen LogP contribution in [0.15, 0.2) is 24.5 Å². The molecule has 0 fully saturated rings. The zero-order valence-electron chi connectivity index (χ0n) is 6.65. The van der Waals surface area contributed by atoms with Crippen molar-refractivity contribution in [3.05, 3.63) is 24.5 Å². The molecule has 1 aromatic heterocycles. The molecule has 0 amide bonds. The Kier molecular flexibility index (Phi) is 2.31. The van der Waals surface area contributed by atoms with Crippen molar-refractivity contribution in [3.63, 3.8) is 0 Å². The van der Waals surface area contributed by atoms with Gasteiger partial charge in [-0.05, 0) is 26.0 Å². The van der Waals surface area contributed by atoms with Gasteiger partial charge in [0.15, 0.2) is 0 Å². The first kappa shape index (κ1) is 7.85. The van der Waals surface area contributed by atoms with E-state index in [4.69, 9.17) is 4.74 Å². The number of nitrogens with zero attached hydrogens (tertiary/aromatic N) is 1. The standard InChI is InChI=1S/C8H11NO2/c1-7(2)11-8(10)9-5-3-4-6-9/h3-7H,1-2H3. The number of ether oxygens (including phenoxy) is 1. The quantitative estimate of drug-likeness (QED) is 0.616. The first-order valence-electron chi connectivity index (χ1n) is 3.54. The summed E-state index contributed by atoms with van der Waals surface area (Å²) >= 11 is 0. The predicted octanol–water partition coefficient (Wildman–Crippen LogP) is 1.88.